The van der Waals surface area contributed by atoms with Crippen LogP contribution in [0.25, 0.3) is 22.7 Å². The number of oxazole rings is 1. The monoisotopic (exact) mass is 222 g/mol. The van der Waals surface area contributed by atoms with Crippen molar-refractivity contribution in [3.63, 3.8) is 0 Å². The molecule has 0 amide bonds. The van der Waals surface area contributed by atoms with Crippen LogP contribution < -0.4 is 0 Å². The maximum Gasteiger partial charge on any atom is 0.225 e. The molecule has 0 bridgehead atoms. The summed E-state index contributed by atoms with van der Waals surface area (Å²) in [6.45, 7) is 0. The minimum absolute atomic E-state index is 0.628. The Bertz CT molecular complexity index is 603. The minimum Gasteiger partial charge on any atom is -0.445 e. The first kappa shape index (κ1) is 9.78. The first-order valence-corrected chi connectivity index (χ1v) is 5.35. The minimum atomic E-state index is 0.628. The molecule has 3 aromatic rings. The van der Waals surface area contributed by atoms with Crippen LogP contribution in [0.1, 0.15) is 0 Å². The number of hydrogen-bond acceptors (Lipinski definition) is 3. The van der Waals surface area contributed by atoms with Crippen LogP contribution >= 0.6 is 0 Å². The van der Waals surface area contributed by atoms with Gasteiger partial charge in [-0.25, -0.2) is 4.98 Å². The molecule has 0 aliphatic heterocycles. The maximum absolute atomic E-state index is 5.28. The van der Waals surface area contributed by atoms with Crippen LogP contribution in [-0.4, -0.2) is 9.97 Å². The molecule has 0 N–H and O–H groups in total. The topological polar surface area (TPSA) is 38.9 Å². The fraction of sp³-hybridized carbons (Fsp3) is 0. The van der Waals surface area contributed by atoms with Gasteiger partial charge in [-0.05, 0) is 24.3 Å². The second kappa shape index (κ2) is 4.22. The van der Waals surface area contributed by atoms with Crippen LogP contribution in [0.15, 0.2) is 65.5 Å². The number of benzene rings is 1. The van der Waals surface area contributed by atoms with Gasteiger partial charge in [0.1, 0.15) is 6.26 Å². The molecule has 0 atom stereocenters. The number of nitrogens with zero attached hydrogens (tertiary/aromatic N) is 2. The van der Waals surface area contributed by atoms with E-state index >= 15 is 0 Å². The first-order valence-electron chi connectivity index (χ1n) is 5.35. The zero-order valence-electron chi connectivity index (χ0n) is 9.08. The Morgan fingerprint density at radius 1 is 0.824 bits per heavy atom. The summed E-state index contributed by atoms with van der Waals surface area (Å²) in [7, 11) is 0. The average Bonchev–Trinajstić information content (AvgIpc) is 2.94. The van der Waals surface area contributed by atoms with E-state index in [1.807, 2.05) is 42.5 Å². The molecular weight excluding hydrogens is 212 g/mol. The highest BCUT2D eigenvalue weighted by Gasteiger charge is 2.04. The molecule has 0 aliphatic carbocycles. The highest BCUT2D eigenvalue weighted by Crippen LogP contribution is 2.23. The summed E-state index contributed by atoms with van der Waals surface area (Å²) in [5.74, 6) is 0.628. The van der Waals surface area contributed by atoms with Crippen molar-refractivity contribution in [2.75, 3.05) is 0 Å². The SMILES string of the molecule is c1ccc(-c2cccc(-c3ncco3)c2)nc1. The lowest BCUT2D eigenvalue weighted by atomic mass is 10.1. The van der Waals surface area contributed by atoms with Gasteiger partial charge in [0.25, 0.3) is 0 Å². The molecule has 0 fully saturated rings. The molecule has 2 heterocycles. The molecule has 3 nitrogen and oxygen atoms in total. The van der Waals surface area contributed by atoms with E-state index < -0.39 is 0 Å². The van der Waals surface area contributed by atoms with Gasteiger partial charge in [0, 0.05) is 17.3 Å². The Balaban J connectivity index is 2.06. The molecule has 0 saturated heterocycles. The van der Waals surface area contributed by atoms with Crippen LogP contribution in [0.3, 0.4) is 0 Å². The van der Waals surface area contributed by atoms with Crippen LogP contribution in [0.4, 0.5) is 0 Å². The Morgan fingerprint density at radius 3 is 2.53 bits per heavy atom. The smallest absolute Gasteiger partial charge is 0.225 e. The number of aromatic nitrogens is 2. The van der Waals surface area contributed by atoms with Crippen molar-refractivity contribution in [1.29, 1.82) is 0 Å². The Morgan fingerprint density at radius 2 is 1.76 bits per heavy atom. The van der Waals surface area contributed by atoms with Crippen molar-refractivity contribution in [2.45, 2.75) is 0 Å². The Labute approximate surface area is 98.8 Å². The summed E-state index contributed by atoms with van der Waals surface area (Å²) in [4.78, 5) is 8.45. The van der Waals surface area contributed by atoms with Crippen molar-refractivity contribution in [2.24, 2.45) is 0 Å². The van der Waals surface area contributed by atoms with Gasteiger partial charge < -0.3 is 4.42 Å². The van der Waals surface area contributed by atoms with Gasteiger partial charge in [0.2, 0.25) is 5.89 Å². The van der Waals surface area contributed by atoms with E-state index in [9.17, 15) is 0 Å². The van der Waals surface area contributed by atoms with Gasteiger partial charge in [-0.1, -0.05) is 18.2 Å². The summed E-state index contributed by atoms with van der Waals surface area (Å²) < 4.78 is 5.28. The first-order chi connectivity index (χ1) is 8.43. The van der Waals surface area contributed by atoms with E-state index in [-0.39, 0.29) is 0 Å². The molecular formula is C14H10N2O. The third-order valence-electron chi connectivity index (χ3n) is 2.50. The lowest BCUT2D eigenvalue weighted by Crippen LogP contribution is -1.83. The van der Waals surface area contributed by atoms with Gasteiger partial charge in [-0.15, -0.1) is 0 Å². The normalized spacial score (nSPS) is 10.4. The molecule has 2 aromatic heterocycles. The molecule has 0 spiro atoms. The van der Waals surface area contributed by atoms with Gasteiger partial charge in [-0.3, -0.25) is 4.98 Å². The molecule has 17 heavy (non-hydrogen) atoms. The second-order valence-electron chi connectivity index (χ2n) is 3.63. The fourth-order valence-corrected chi connectivity index (χ4v) is 1.71. The largest absolute Gasteiger partial charge is 0.445 e. The number of hydrogen-bond donors (Lipinski definition) is 0. The predicted octanol–water partition coefficient (Wildman–Crippen LogP) is 3.40. The van der Waals surface area contributed by atoms with E-state index in [2.05, 4.69) is 9.97 Å². The zero-order chi connectivity index (χ0) is 11.5. The molecule has 3 heteroatoms. The number of rotatable bonds is 2. The fourth-order valence-electron chi connectivity index (χ4n) is 1.71. The average molecular weight is 222 g/mol. The molecule has 0 unspecified atom stereocenters. The summed E-state index contributed by atoms with van der Waals surface area (Å²) in [5.41, 5.74) is 2.96. The second-order valence-corrected chi connectivity index (χ2v) is 3.63. The Hall–Kier alpha value is -2.42. The van der Waals surface area contributed by atoms with Crippen LogP contribution in [0.5, 0.6) is 0 Å². The molecule has 3 rings (SSSR count). The van der Waals surface area contributed by atoms with E-state index in [1.165, 1.54) is 0 Å². The molecule has 1 aromatic carbocycles. The predicted molar refractivity (Wildman–Crippen MR) is 65.2 cm³/mol. The summed E-state index contributed by atoms with van der Waals surface area (Å²) in [6.07, 6.45) is 5.00. The Kier molecular flexibility index (Phi) is 2.43. The summed E-state index contributed by atoms with van der Waals surface area (Å²) in [5, 5.41) is 0. The third-order valence-corrected chi connectivity index (χ3v) is 2.50. The maximum atomic E-state index is 5.28. The van der Waals surface area contributed by atoms with Crippen LogP contribution in [0, 0.1) is 0 Å². The molecule has 0 radical (unpaired) electrons. The van der Waals surface area contributed by atoms with Crippen molar-refractivity contribution in [3.05, 3.63) is 61.1 Å². The van der Waals surface area contributed by atoms with Gasteiger partial charge >= 0.3 is 0 Å². The van der Waals surface area contributed by atoms with E-state index in [1.54, 1.807) is 18.7 Å². The van der Waals surface area contributed by atoms with E-state index in [4.69, 9.17) is 4.42 Å². The van der Waals surface area contributed by atoms with E-state index in [0.717, 1.165) is 16.8 Å². The lowest BCUT2D eigenvalue weighted by Gasteiger charge is -2.01. The van der Waals surface area contributed by atoms with Crippen molar-refractivity contribution in [1.82, 2.24) is 9.97 Å². The van der Waals surface area contributed by atoms with Crippen molar-refractivity contribution >= 4 is 0 Å². The van der Waals surface area contributed by atoms with Gasteiger partial charge in [0.05, 0.1) is 11.9 Å². The number of pyridine rings is 1. The quantitative estimate of drug-likeness (QED) is 0.667. The van der Waals surface area contributed by atoms with Crippen molar-refractivity contribution < 1.29 is 4.42 Å². The summed E-state index contributed by atoms with van der Waals surface area (Å²) >= 11 is 0. The van der Waals surface area contributed by atoms with Crippen LogP contribution in [0.2, 0.25) is 0 Å². The highest BCUT2D eigenvalue weighted by molar-refractivity contribution is 5.66. The molecule has 82 valence electrons. The van der Waals surface area contributed by atoms with E-state index in [0.29, 0.717) is 5.89 Å². The standard InChI is InChI=1S/C14H10N2O/c1-2-7-15-13(6-1)11-4-3-5-12(10-11)14-16-8-9-17-14/h1-10H. The van der Waals surface area contributed by atoms with Gasteiger partial charge in [-0.2, -0.15) is 0 Å². The highest BCUT2D eigenvalue weighted by atomic mass is 16.3. The lowest BCUT2D eigenvalue weighted by molar-refractivity contribution is 0.574. The third kappa shape index (κ3) is 1.95. The summed E-state index contributed by atoms with van der Waals surface area (Å²) in [6, 6.07) is 13.8. The van der Waals surface area contributed by atoms with Gasteiger partial charge in [0.15, 0.2) is 0 Å². The molecule has 0 aliphatic rings. The zero-order valence-corrected chi connectivity index (χ0v) is 9.08. The van der Waals surface area contributed by atoms with Crippen LogP contribution in [-0.2, 0) is 0 Å². The molecule has 0 saturated carbocycles. The van der Waals surface area contributed by atoms with Crippen molar-refractivity contribution in [3.8, 4) is 22.7 Å².